The summed E-state index contributed by atoms with van der Waals surface area (Å²) < 4.78 is 0. The van der Waals surface area contributed by atoms with Crippen molar-refractivity contribution in [3.05, 3.63) is 46.9 Å². The third-order valence-electron chi connectivity index (χ3n) is 2.80. The van der Waals surface area contributed by atoms with Gasteiger partial charge in [0.05, 0.1) is 0 Å². The summed E-state index contributed by atoms with van der Waals surface area (Å²) in [7, 11) is -1.37. The van der Waals surface area contributed by atoms with E-state index in [4.69, 9.17) is 21.6 Å². The first-order chi connectivity index (χ1) is 7.12. The lowest BCUT2D eigenvalue weighted by atomic mass is 9.86. The highest BCUT2D eigenvalue weighted by Crippen LogP contribution is 2.49. The van der Waals surface area contributed by atoms with Gasteiger partial charge in [0.2, 0.25) is 0 Å². The minimum atomic E-state index is -1.37. The molecule has 1 aliphatic rings. The van der Waals surface area contributed by atoms with Crippen LogP contribution >= 0.6 is 11.6 Å². The van der Waals surface area contributed by atoms with E-state index in [1.807, 2.05) is 30.3 Å². The molecule has 2 N–H and O–H groups in total. The van der Waals surface area contributed by atoms with Gasteiger partial charge in [-0.2, -0.15) is 0 Å². The van der Waals surface area contributed by atoms with Crippen LogP contribution in [0.3, 0.4) is 0 Å². The van der Waals surface area contributed by atoms with Gasteiger partial charge in [-0.3, -0.25) is 0 Å². The van der Waals surface area contributed by atoms with Crippen molar-refractivity contribution in [2.24, 2.45) is 0 Å². The maximum atomic E-state index is 8.78. The van der Waals surface area contributed by atoms with Gasteiger partial charge in [0.25, 0.3) is 0 Å². The largest absolute Gasteiger partial charge is 0.480 e. The molecule has 2 rings (SSSR count). The van der Waals surface area contributed by atoms with Crippen molar-refractivity contribution in [2.75, 3.05) is 0 Å². The molecule has 0 unspecified atom stereocenters. The minimum Gasteiger partial charge on any atom is -0.424 e. The van der Waals surface area contributed by atoms with Crippen LogP contribution in [0.4, 0.5) is 0 Å². The number of halogens is 1. The molecule has 0 bridgehead atoms. The number of rotatable bonds is 3. The van der Waals surface area contributed by atoms with Crippen LogP contribution in [-0.4, -0.2) is 17.2 Å². The molecule has 1 saturated carbocycles. The van der Waals surface area contributed by atoms with Gasteiger partial charge in [-0.25, -0.2) is 0 Å². The van der Waals surface area contributed by atoms with E-state index < -0.39 is 7.12 Å². The van der Waals surface area contributed by atoms with Gasteiger partial charge < -0.3 is 10.0 Å². The van der Waals surface area contributed by atoms with Crippen molar-refractivity contribution in [1.29, 1.82) is 0 Å². The van der Waals surface area contributed by atoms with Crippen molar-refractivity contribution in [3.8, 4) is 0 Å². The van der Waals surface area contributed by atoms with Crippen LogP contribution in [-0.2, 0) is 5.41 Å². The summed E-state index contributed by atoms with van der Waals surface area (Å²) in [6.07, 6.45) is 3.98. The fourth-order valence-electron chi connectivity index (χ4n) is 1.74. The predicted molar refractivity (Wildman–Crippen MR) is 61.7 cm³/mol. The van der Waals surface area contributed by atoms with E-state index in [0.29, 0.717) is 0 Å². The quantitative estimate of drug-likeness (QED) is 0.768. The molecule has 1 aliphatic carbocycles. The van der Waals surface area contributed by atoms with Crippen LogP contribution in [0.25, 0.3) is 0 Å². The summed E-state index contributed by atoms with van der Waals surface area (Å²) in [6.45, 7) is 0. The molecule has 0 radical (unpaired) electrons. The van der Waals surface area contributed by atoms with Crippen molar-refractivity contribution in [1.82, 2.24) is 0 Å². The van der Waals surface area contributed by atoms with E-state index in [1.165, 1.54) is 11.5 Å². The number of benzene rings is 1. The van der Waals surface area contributed by atoms with Crippen LogP contribution < -0.4 is 0 Å². The van der Waals surface area contributed by atoms with Crippen LogP contribution in [0.15, 0.2) is 36.3 Å². The zero-order valence-corrected chi connectivity index (χ0v) is 8.98. The van der Waals surface area contributed by atoms with Crippen molar-refractivity contribution in [3.63, 3.8) is 0 Å². The Labute approximate surface area is 94.3 Å². The Morgan fingerprint density at radius 1 is 1.20 bits per heavy atom. The highest BCUT2D eigenvalue weighted by molar-refractivity contribution is 6.47. The summed E-state index contributed by atoms with van der Waals surface area (Å²) in [5, 5.41) is 18.3. The third kappa shape index (κ3) is 2.43. The number of hydrogen-bond acceptors (Lipinski definition) is 2. The molecule has 1 fully saturated rings. The summed E-state index contributed by atoms with van der Waals surface area (Å²) in [5.74, 6) is 1.42. The highest BCUT2D eigenvalue weighted by Gasteiger charge is 2.41. The SMILES string of the molecule is OB(O)C=CC1(c2ccc(Cl)cc2)CC1. The second kappa shape index (κ2) is 4.01. The molecule has 1 aromatic carbocycles. The summed E-state index contributed by atoms with van der Waals surface area (Å²) in [6, 6.07) is 7.70. The first-order valence-corrected chi connectivity index (χ1v) is 5.32. The van der Waals surface area contributed by atoms with Gasteiger partial charge in [0.1, 0.15) is 0 Å². The molecule has 0 heterocycles. The molecule has 0 aromatic heterocycles. The van der Waals surface area contributed by atoms with Gasteiger partial charge in [-0.15, -0.1) is 0 Å². The fourth-order valence-corrected chi connectivity index (χ4v) is 1.86. The van der Waals surface area contributed by atoms with Crippen molar-refractivity contribution in [2.45, 2.75) is 18.3 Å². The molecule has 1 aromatic rings. The van der Waals surface area contributed by atoms with Crippen LogP contribution in [0.2, 0.25) is 5.02 Å². The Morgan fingerprint density at radius 2 is 1.80 bits per heavy atom. The normalized spacial score (nSPS) is 18.1. The van der Waals surface area contributed by atoms with Gasteiger partial charge in [-0.1, -0.05) is 35.8 Å². The first kappa shape index (κ1) is 10.7. The van der Waals surface area contributed by atoms with E-state index >= 15 is 0 Å². The molecule has 15 heavy (non-hydrogen) atoms. The maximum Gasteiger partial charge on any atom is 0.480 e. The standard InChI is InChI=1S/C11H12BClO2/c13-10-3-1-9(2-4-10)11(5-6-11)7-8-12(14)15/h1-4,7-8,14-15H,5-6H2. The van der Waals surface area contributed by atoms with E-state index in [0.717, 1.165) is 17.9 Å². The lowest BCUT2D eigenvalue weighted by molar-refractivity contribution is 0.423. The van der Waals surface area contributed by atoms with Crippen LogP contribution in [0, 0.1) is 0 Å². The Hall–Kier alpha value is -0.765. The average Bonchev–Trinajstić information content (AvgIpc) is 2.97. The summed E-state index contributed by atoms with van der Waals surface area (Å²) >= 11 is 5.81. The van der Waals surface area contributed by atoms with Crippen molar-refractivity contribution >= 4 is 18.7 Å². The molecule has 0 atom stereocenters. The smallest absolute Gasteiger partial charge is 0.424 e. The summed E-state index contributed by atoms with van der Waals surface area (Å²) in [4.78, 5) is 0. The zero-order chi connectivity index (χ0) is 10.9. The zero-order valence-electron chi connectivity index (χ0n) is 8.23. The van der Waals surface area contributed by atoms with E-state index in [2.05, 4.69) is 0 Å². The van der Waals surface area contributed by atoms with Gasteiger partial charge in [0, 0.05) is 10.4 Å². The molecule has 0 amide bonds. The fraction of sp³-hybridized carbons (Fsp3) is 0.273. The third-order valence-corrected chi connectivity index (χ3v) is 3.05. The minimum absolute atomic E-state index is 0.00823. The highest BCUT2D eigenvalue weighted by atomic mass is 35.5. The first-order valence-electron chi connectivity index (χ1n) is 4.94. The predicted octanol–water partition coefficient (Wildman–Crippen LogP) is 1.94. The van der Waals surface area contributed by atoms with Gasteiger partial charge in [-0.05, 0) is 30.5 Å². The second-order valence-corrected chi connectivity index (χ2v) is 4.37. The molecule has 0 spiro atoms. The van der Waals surface area contributed by atoms with E-state index in [1.54, 1.807) is 0 Å². The Bertz CT molecular complexity index is 369. The van der Waals surface area contributed by atoms with E-state index in [-0.39, 0.29) is 5.41 Å². The van der Waals surface area contributed by atoms with Crippen molar-refractivity contribution < 1.29 is 10.0 Å². The maximum absolute atomic E-state index is 8.78. The van der Waals surface area contributed by atoms with Crippen LogP contribution in [0.5, 0.6) is 0 Å². The van der Waals surface area contributed by atoms with Gasteiger partial charge >= 0.3 is 7.12 Å². The topological polar surface area (TPSA) is 40.5 Å². The molecular weight excluding hydrogens is 210 g/mol. The Balaban J connectivity index is 2.19. The molecule has 2 nitrogen and oxygen atoms in total. The summed E-state index contributed by atoms with van der Waals surface area (Å²) in [5.41, 5.74) is 1.19. The second-order valence-electron chi connectivity index (χ2n) is 3.94. The van der Waals surface area contributed by atoms with E-state index in [9.17, 15) is 0 Å². The molecule has 4 heteroatoms. The Morgan fingerprint density at radius 3 is 2.27 bits per heavy atom. The lowest BCUT2D eigenvalue weighted by Crippen LogP contribution is -2.09. The monoisotopic (exact) mass is 222 g/mol. The molecular formula is C11H12BClO2. The molecule has 0 saturated heterocycles. The molecule has 78 valence electrons. The average molecular weight is 222 g/mol. The Kier molecular flexibility index (Phi) is 2.87. The number of hydrogen-bond donors (Lipinski definition) is 2. The lowest BCUT2D eigenvalue weighted by Gasteiger charge is -2.10. The van der Waals surface area contributed by atoms with Crippen LogP contribution in [0.1, 0.15) is 18.4 Å². The van der Waals surface area contributed by atoms with Gasteiger partial charge in [0.15, 0.2) is 0 Å². The molecule has 0 aliphatic heterocycles. The number of allylic oxidation sites excluding steroid dienone is 1.